The van der Waals surface area contributed by atoms with Crippen molar-refractivity contribution in [2.75, 3.05) is 13.8 Å². The number of rotatable bonds is 4. The van der Waals surface area contributed by atoms with Crippen molar-refractivity contribution in [3.8, 4) is 22.1 Å². The summed E-state index contributed by atoms with van der Waals surface area (Å²) in [5, 5.41) is 3.24. The highest BCUT2D eigenvalue weighted by atomic mass is 35.5. The predicted octanol–water partition coefficient (Wildman–Crippen LogP) is 4.46. The van der Waals surface area contributed by atoms with E-state index in [0.717, 1.165) is 21.9 Å². The summed E-state index contributed by atoms with van der Waals surface area (Å²) in [6, 6.07) is 13.1. The lowest BCUT2D eigenvalue weighted by Crippen LogP contribution is -2.26. The number of ether oxygens (including phenoxy) is 2. The second-order valence-electron chi connectivity index (χ2n) is 5.89. The summed E-state index contributed by atoms with van der Waals surface area (Å²) in [7, 11) is 1.76. The van der Waals surface area contributed by atoms with Crippen molar-refractivity contribution < 1.29 is 14.3 Å². The zero-order valence-corrected chi connectivity index (χ0v) is 15.5. The lowest BCUT2D eigenvalue weighted by molar-refractivity contribution is 0.0780. The quantitative estimate of drug-likeness (QED) is 0.664. The van der Waals surface area contributed by atoms with E-state index in [1.165, 1.54) is 11.3 Å². The van der Waals surface area contributed by atoms with Gasteiger partial charge in [0.05, 0.1) is 0 Å². The fourth-order valence-corrected chi connectivity index (χ4v) is 3.60. The van der Waals surface area contributed by atoms with Gasteiger partial charge in [0.1, 0.15) is 10.7 Å². The monoisotopic (exact) mass is 386 g/mol. The van der Waals surface area contributed by atoms with Gasteiger partial charge < -0.3 is 14.4 Å². The summed E-state index contributed by atoms with van der Waals surface area (Å²) in [6.45, 7) is 0.698. The van der Waals surface area contributed by atoms with Crippen molar-refractivity contribution in [2.24, 2.45) is 0 Å². The number of fused-ring (bicyclic) bond motifs is 1. The average Bonchev–Trinajstić information content (AvgIpc) is 3.30. The zero-order valence-electron chi connectivity index (χ0n) is 13.9. The van der Waals surface area contributed by atoms with Gasteiger partial charge in [-0.1, -0.05) is 29.8 Å². The van der Waals surface area contributed by atoms with Crippen LogP contribution in [0.3, 0.4) is 0 Å². The number of halogens is 1. The first-order chi connectivity index (χ1) is 12.6. The molecule has 0 saturated carbocycles. The molecule has 0 unspecified atom stereocenters. The van der Waals surface area contributed by atoms with Gasteiger partial charge in [0.15, 0.2) is 11.5 Å². The molecular weight excluding hydrogens is 372 g/mol. The molecule has 1 amide bonds. The van der Waals surface area contributed by atoms with E-state index in [1.807, 2.05) is 42.5 Å². The number of carbonyl (C=O) groups excluding carboxylic acids is 1. The summed E-state index contributed by atoms with van der Waals surface area (Å²) in [5.41, 5.74) is 2.35. The molecule has 0 N–H and O–H groups in total. The van der Waals surface area contributed by atoms with Crippen molar-refractivity contribution in [1.29, 1.82) is 0 Å². The van der Waals surface area contributed by atoms with Gasteiger partial charge in [-0.15, -0.1) is 11.3 Å². The molecule has 0 spiro atoms. The Kier molecular flexibility index (Phi) is 4.53. The molecule has 1 aliphatic rings. The van der Waals surface area contributed by atoms with Crippen LogP contribution in [0, 0.1) is 0 Å². The van der Waals surface area contributed by atoms with Crippen LogP contribution in [0.1, 0.15) is 16.1 Å². The van der Waals surface area contributed by atoms with Crippen molar-refractivity contribution in [3.63, 3.8) is 0 Å². The topological polar surface area (TPSA) is 51.7 Å². The molecule has 0 atom stereocenters. The van der Waals surface area contributed by atoms with Gasteiger partial charge in [0, 0.05) is 29.6 Å². The van der Waals surface area contributed by atoms with Crippen molar-refractivity contribution in [2.45, 2.75) is 6.54 Å². The predicted molar refractivity (Wildman–Crippen MR) is 101 cm³/mol. The fraction of sp³-hybridized carbons (Fsp3) is 0.158. The second kappa shape index (κ2) is 6.97. The van der Waals surface area contributed by atoms with Gasteiger partial charge in [-0.05, 0) is 29.8 Å². The molecule has 3 aromatic rings. The Hall–Kier alpha value is -2.57. The van der Waals surface area contributed by atoms with Crippen LogP contribution in [0.25, 0.3) is 10.6 Å². The van der Waals surface area contributed by atoms with E-state index in [0.29, 0.717) is 23.0 Å². The molecule has 4 rings (SSSR count). The highest BCUT2D eigenvalue weighted by Crippen LogP contribution is 2.33. The molecule has 1 aromatic heterocycles. The molecule has 0 saturated heterocycles. The Morgan fingerprint density at radius 3 is 2.77 bits per heavy atom. The van der Waals surface area contributed by atoms with Crippen LogP contribution >= 0.6 is 22.9 Å². The number of hydrogen-bond donors (Lipinski definition) is 0. The van der Waals surface area contributed by atoms with E-state index in [1.54, 1.807) is 17.3 Å². The van der Waals surface area contributed by atoms with Crippen LogP contribution in [0.5, 0.6) is 11.5 Å². The first kappa shape index (κ1) is 16.9. The maximum atomic E-state index is 12.7. The SMILES string of the molecule is CN(Cc1ccc2c(c1)OCO2)C(=O)c1csc(-c2ccc(Cl)cc2)n1. The molecule has 0 radical (unpaired) electrons. The standard InChI is InChI=1S/C19H15ClN2O3S/c1-22(9-12-2-7-16-17(8-12)25-11-24-16)19(23)15-10-26-18(21-15)13-3-5-14(20)6-4-13/h2-8,10H,9,11H2,1H3. The molecule has 26 heavy (non-hydrogen) atoms. The normalized spacial score (nSPS) is 12.2. The van der Waals surface area contributed by atoms with E-state index >= 15 is 0 Å². The molecule has 0 bridgehead atoms. The second-order valence-corrected chi connectivity index (χ2v) is 7.19. The minimum Gasteiger partial charge on any atom is -0.454 e. The number of nitrogens with zero attached hydrogens (tertiary/aromatic N) is 2. The largest absolute Gasteiger partial charge is 0.454 e. The van der Waals surface area contributed by atoms with Gasteiger partial charge >= 0.3 is 0 Å². The van der Waals surface area contributed by atoms with Gasteiger partial charge in [0.2, 0.25) is 6.79 Å². The summed E-state index contributed by atoms with van der Waals surface area (Å²) in [4.78, 5) is 18.8. The number of aromatic nitrogens is 1. The third kappa shape index (κ3) is 3.38. The van der Waals surface area contributed by atoms with E-state index < -0.39 is 0 Å². The molecule has 7 heteroatoms. The van der Waals surface area contributed by atoms with E-state index in [4.69, 9.17) is 21.1 Å². The molecule has 5 nitrogen and oxygen atoms in total. The number of hydrogen-bond acceptors (Lipinski definition) is 5. The first-order valence-corrected chi connectivity index (χ1v) is 9.21. The third-order valence-corrected chi connectivity index (χ3v) is 5.16. The lowest BCUT2D eigenvalue weighted by Gasteiger charge is -2.16. The maximum Gasteiger partial charge on any atom is 0.273 e. The minimum absolute atomic E-state index is 0.126. The van der Waals surface area contributed by atoms with E-state index in [2.05, 4.69) is 4.98 Å². The average molecular weight is 387 g/mol. The molecule has 1 aliphatic heterocycles. The molecule has 2 aromatic carbocycles. The number of carbonyl (C=O) groups is 1. The van der Waals surface area contributed by atoms with Gasteiger partial charge in [0.25, 0.3) is 5.91 Å². The van der Waals surface area contributed by atoms with E-state index in [9.17, 15) is 4.79 Å². The third-order valence-electron chi connectivity index (χ3n) is 4.02. The molecule has 2 heterocycles. The number of amides is 1. The highest BCUT2D eigenvalue weighted by molar-refractivity contribution is 7.13. The summed E-state index contributed by atoms with van der Waals surface area (Å²) in [6.07, 6.45) is 0. The lowest BCUT2D eigenvalue weighted by atomic mass is 10.2. The van der Waals surface area contributed by atoms with Crippen LogP contribution < -0.4 is 9.47 Å². The Morgan fingerprint density at radius 2 is 1.96 bits per heavy atom. The molecular formula is C19H15ClN2O3S. The van der Waals surface area contributed by atoms with Crippen LogP contribution in [-0.4, -0.2) is 29.6 Å². The minimum atomic E-state index is -0.126. The highest BCUT2D eigenvalue weighted by Gasteiger charge is 2.18. The smallest absolute Gasteiger partial charge is 0.273 e. The van der Waals surface area contributed by atoms with Gasteiger partial charge in [-0.3, -0.25) is 4.79 Å². The Balaban J connectivity index is 1.48. The Morgan fingerprint density at radius 1 is 1.19 bits per heavy atom. The zero-order chi connectivity index (χ0) is 18.1. The van der Waals surface area contributed by atoms with Crippen molar-refractivity contribution in [1.82, 2.24) is 9.88 Å². The fourth-order valence-electron chi connectivity index (χ4n) is 2.68. The summed E-state index contributed by atoms with van der Waals surface area (Å²) in [5.74, 6) is 1.32. The van der Waals surface area contributed by atoms with Gasteiger partial charge in [-0.2, -0.15) is 0 Å². The molecule has 132 valence electrons. The van der Waals surface area contributed by atoms with Crippen molar-refractivity contribution >= 4 is 28.8 Å². The van der Waals surface area contributed by atoms with Crippen LogP contribution in [0.4, 0.5) is 0 Å². The molecule has 0 aliphatic carbocycles. The van der Waals surface area contributed by atoms with Crippen LogP contribution in [-0.2, 0) is 6.54 Å². The Labute approximate surface area is 159 Å². The van der Waals surface area contributed by atoms with E-state index in [-0.39, 0.29) is 12.7 Å². The summed E-state index contributed by atoms with van der Waals surface area (Å²) < 4.78 is 10.7. The maximum absolute atomic E-state index is 12.7. The molecule has 0 fully saturated rings. The number of thiazole rings is 1. The van der Waals surface area contributed by atoms with Gasteiger partial charge in [-0.25, -0.2) is 4.98 Å². The van der Waals surface area contributed by atoms with Crippen molar-refractivity contribution in [3.05, 3.63) is 64.1 Å². The number of benzene rings is 2. The first-order valence-electron chi connectivity index (χ1n) is 7.95. The van der Waals surface area contributed by atoms with Crippen LogP contribution in [0.15, 0.2) is 47.8 Å². The van der Waals surface area contributed by atoms with Crippen LogP contribution in [0.2, 0.25) is 5.02 Å². The Bertz CT molecular complexity index is 956. The summed E-state index contributed by atoms with van der Waals surface area (Å²) >= 11 is 7.35.